The third kappa shape index (κ3) is 5.10. The van der Waals surface area contributed by atoms with Crippen LogP contribution in [0.2, 0.25) is 0 Å². The zero-order valence-corrected chi connectivity index (χ0v) is 12.3. The number of hydrogen-bond acceptors (Lipinski definition) is 5. The number of nitro groups is 1. The van der Waals surface area contributed by atoms with Crippen LogP contribution in [0.5, 0.6) is 0 Å². The first-order valence-corrected chi connectivity index (χ1v) is 6.67. The maximum Gasteiger partial charge on any atom is 0.287 e. The molecule has 0 aliphatic heterocycles. The first kappa shape index (κ1) is 16.3. The van der Waals surface area contributed by atoms with Gasteiger partial charge in [-0.15, -0.1) is 0 Å². The molecule has 1 N–H and O–H groups in total. The van der Waals surface area contributed by atoms with Crippen molar-refractivity contribution in [2.45, 2.75) is 13.3 Å². The van der Waals surface area contributed by atoms with Gasteiger partial charge in [0.2, 0.25) is 0 Å². The summed E-state index contributed by atoms with van der Waals surface area (Å²) in [5, 5.41) is 10.6. The molecule has 0 unspecified atom stereocenters. The Morgan fingerprint density at radius 3 is 2.55 bits per heavy atom. The van der Waals surface area contributed by atoms with Crippen LogP contribution in [-0.2, 0) is 0 Å². The highest BCUT2D eigenvalue weighted by molar-refractivity contribution is 5.96. The highest BCUT2D eigenvalue weighted by atomic mass is 16.6. The van der Waals surface area contributed by atoms with Crippen LogP contribution in [0.4, 0.5) is 5.69 Å². The van der Waals surface area contributed by atoms with Gasteiger partial charge in [-0.3, -0.25) is 19.8 Å². The molecule has 1 rings (SSSR count). The number of likely N-dealkylation sites (N-methyl/N-ethyl adjacent to an activating group) is 1. The van der Waals surface area contributed by atoms with Gasteiger partial charge in [-0.25, -0.2) is 0 Å². The van der Waals surface area contributed by atoms with Crippen LogP contribution < -0.4 is 0 Å². The predicted molar refractivity (Wildman–Crippen MR) is 77.1 cm³/mol. The van der Waals surface area contributed by atoms with Crippen LogP contribution in [0.25, 0.3) is 0 Å². The molecule has 7 heteroatoms. The molecule has 0 saturated heterocycles. The lowest BCUT2D eigenvalue weighted by Crippen LogP contribution is -2.36. The summed E-state index contributed by atoms with van der Waals surface area (Å²) in [6.45, 7) is 4.85. The maximum atomic E-state index is 12.1. The molecular formula is C13H22N4O3. The number of nitrogens with zero attached hydrogens (tertiary/aromatic N) is 3. The van der Waals surface area contributed by atoms with Gasteiger partial charge < -0.3 is 9.88 Å². The Hall–Kier alpha value is -1.73. The number of ketones is 1. The molecule has 0 fully saturated rings. The van der Waals surface area contributed by atoms with Crippen molar-refractivity contribution in [3.05, 3.63) is 28.1 Å². The fourth-order valence-electron chi connectivity index (χ4n) is 1.87. The zero-order valence-electron chi connectivity index (χ0n) is 12.3. The summed E-state index contributed by atoms with van der Waals surface area (Å²) in [6, 6.07) is 1.29. The van der Waals surface area contributed by atoms with E-state index in [0.29, 0.717) is 5.69 Å². The van der Waals surface area contributed by atoms with Crippen molar-refractivity contribution in [1.82, 2.24) is 14.8 Å². The third-order valence-electron chi connectivity index (χ3n) is 2.95. The molecule has 0 spiro atoms. The molecular weight excluding hydrogens is 260 g/mol. The van der Waals surface area contributed by atoms with E-state index in [4.69, 9.17) is 0 Å². The molecule has 0 aliphatic carbocycles. The summed E-state index contributed by atoms with van der Waals surface area (Å²) in [5.74, 6) is -0.120. The topological polar surface area (TPSA) is 82.5 Å². The van der Waals surface area contributed by atoms with Gasteiger partial charge in [0.15, 0.2) is 5.78 Å². The number of rotatable bonds is 9. The summed E-state index contributed by atoms with van der Waals surface area (Å²) in [6.07, 6.45) is 2.21. The number of aromatic nitrogens is 1. The minimum atomic E-state index is -0.511. The van der Waals surface area contributed by atoms with Gasteiger partial charge in [0.1, 0.15) is 0 Å². The summed E-state index contributed by atoms with van der Waals surface area (Å²) >= 11 is 0. The minimum Gasteiger partial charge on any atom is -0.353 e. The minimum absolute atomic E-state index is 0.0799. The number of H-pyrrole nitrogens is 1. The van der Waals surface area contributed by atoms with Crippen molar-refractivity contribution < 1.29 is 9.72 Å². The molecule has 0 aliphatic rings. The Kier molecular flexibility index (Phi) is 6.33. The lowest BCUT2D eigenvalue weighted by molar-refractivity contribution is -0.384. The van der Waals surface area contributed by atoms with E-state index >= 15 is 0 Å². The van der Waals surface area contributed by atoms with E-state index in [1.54, 1.807) is 0 Å². The molecule has 112 valence electrons. The van der Waals surface area contributed by atoms with Crippen molar-refractivity contribution in [3.8, 4) is 0 Å². The van der Waals surface area contributed by atoms with Gasteiger partial charge in [-0.2, -0.15) is 0 Å². The van der Waals surface area contributed by atoms with E-state index in [1.165, 1.54) is 12.3 Å². The Bertz CT molecular complexity index is 456. The van der Waals surface area contributed by atoms with Crippen molar-refractivity contribution in [2.24, 2.45) is 0 Å². The van der Waals surface area contributed by atoms with Crippen molar-refractivity contribution in [2.75, 3.05) is 40.3 Å². The third-order valence-corrected chi connectivity index (χ3v) is 2.95. The quantitative estimate of drug-likeness (QED) is 0.420. The number of nitrogens with one attached hydrogen (secondary N) is 1. The van der Waals surface area contributed by atoms with Gasteiger partial charge in [0.05, 0.1) is 23.4 Å². The standard InChI is InChI=1S/C13H22N4O3/c1-4-5-16(7-6-15(2)3)10-13(18)12-8-11(9-14-12)17(19)20/h8-9,14H,4-7,10H2,1-3H3. The summed E-state index contributed by atoms with van der Waals surface area (Å²) in [4.78, 5) is 29.0. The van der Waals surface area contributed by atoms with Crippen LogP contribution in [0.3, 0.4) is 0 Å². The lowest BCUT2D eigenvalue weighted by Gasteiger charge is -2.22. The lowest BCUT2D eigenvalue weighted by atomic mass is 10.2. The molecule has 1 aromatic rings. The fraction of sp³-hybridized carbons (Fsp3) is 0.615. The number of hydrogen-bond donors (Lipinski definition) is 1. The van der Waals surface area contributed by atoms with Crippen molar-refractivity contribution in [1.29, 1.82) is 0 Å². The SMILES string of the molecule is CCCN(CCN(C)C)CC(=O)c1cc([N+](=O)[O-])c[nH]1. The number of Topliss-reactive ketones (excluding diaryl/α,β-unsaturated/α-hetero) is 1. The van der Waals surface area contributed by atoms with E-state index in [0.717, 1.165) is 26.1 Å². The van der Waals surface area contributed by atoms with Crippen LogP contribution >= 0.6 is 0 Å². The number of aromatic amines is 1. The van der Waals surface area contributed by atoms with Crippen LogP contribution in [0.15, 0.2) is 12.3 Å². The Labute approximate surface area is 118 Å². The molecule has 0 aromatic carbocycles. The fourth-order valence-corrected chi connectivity index (χ4v) is 1.87. The molecule has 7 nitrogen and oxygen atoms in total. The smallest absolute Gasteiger partial charge is 0.287 e. The molecule has 0 amide bonds. The molecule has 0 atom stereocenters. The molecule has 20 heavy (non-hydrogen) atoms. The van der Waals surface area contributed by atoms with E-state index < -0.39 is 4.92 Å². The Balaban J connectivity index is 2.61. The average molecular weight is 282 g/mol. The maximum absolute atomic E-state index is 12.1. The molecule has 0 bridgehead atoms. The number of carbonyl (C=O) groups is 1. The van der Waals surface area contributed by atoms with E-state index in [2.05, 4.69) is 21.7 Å². The monoisotopic (exact) mass is 282 g/mol. The largest absolute Gasteiger partial charge is 0.353 e. The van der Waals surface area contributed by atoms with Gasteiger partial charge >= 0.3 is 0 Å². The number of carbonyl (C=O) groups excluding carboxylic acids is 1. The normalized spacial score (nSPS) is 11.2. The molecule has 1 heterocycles. The first-order valence-electron chi connectivity index (χ1n) is 6.67. The van der Waals surface area contributed by atoms with Crippen LogP contribution in [0, 0.1) is 10.1 Å². The average Bonchev–Trinajstić information content (AvgIpc) is 2.85. The highest BCUT2D eigenvalue weighted by Crippen LogP contribution is 2.13. The summed E-state index contributed by atoms with van der Waals surface area (Å²) in [7, 11) is 3.97. The molecule has 1 aromatic heterocycles. The van der Waals surface area contributed by atoms with E-state index in [1.807, 2.05) is 14.1 Å². The van der Waals surface area contributed by atoms with Crippen LogP contribution in [0.1, 0.15) is 23.8 Å². The highest BCUT2D eigenvalue weighted by Gasteiger charge is 2.17. The van der Waals surface area contributed by atoms with Crippen molar-refractivity contribution in [3.63, 3.8) is 0 Å². The zero-order chi connectivity index (χ0) is 15.1. The van der Waals surface area contributed by atoms with E-state index in [-0.39, 0.29) is 18.0 Å². The first-order chi connectivity index (χ1) is 9.43. The second kappa shape index (κ2) is 7.76. The summed E-state index contributed by atoms with van der Waals surface area (Å²) < 4.78 is 0. The van der Waals surface area contributed by atoms with Gasteiger partial charge in [0, 0.05) is 19.2 Å². The Morgan fingerprint density at radius 2 is 2.05 bits per heavy atom. The Morgan fingerprint density at radius 1 is 1.35 bits per heavy atom. The summed E-state index contributed by atoms with van der Waals surface area (Å²) in [5.41, 5.74) is 0.214. The van der Waals surface area contributed by atoms with Crippen molar-refractivity contribution >= 4 is 11.5 Å². The van der Waals surface area contributed by atoms with Crippen LogP contribution in [-0.4, -0.2) is 65.8 Å². The second-order valence-corrected chi connectivity index (χ2v) is 5.03. The van der Waals surface area contributed by atoms with Gasteiger partial charge in [0.25, 0.3) is 5.69 Å². The van der Waals surface area contributed by atoms with E-state index in [9.17, 15) is 14.9 Å². The van der Waals surface area contributed by atoms with Gasteiger partial charge in [-0.05, 0) is 27.1 Å². The molecule has 0 saturated carbocycles. The van der Waals surface area contributed by atoms with Gasteiger partial charge in [-0.1, -0.05) is 6.92 Å². The predicted octanol–water partition coefficient (Wildman–Crippen LogP) is 1.38. The molecule has 0 radical (unpaired) electrons. The second-order valence-electron chi connectivity index (χ2n) is 5.03.